The fourth-order valence-electron chi connectivity index (χ4n) is 3.68. The summed E-state index contributed by atoms with van der Waals surface area (Å²) in [5, 5.41) is 9.73. The summed E-state index contributed by atoms with van der Waals surface area (Å²) in [5.41, 5.74) is 2.18. The maximum atomic E-state index is 9.73. The largest absolute Gasteiger partial charge is 0.508 e. The Hall–Kier alpha value is -2.79. The highest BCUT2D eigenvalue weighted by atomic mass is 16.5. The Morgan fingerprint density at radius 3 is 2.81 bits per heavy atom. The summed E-state index contributed by atoms with van der Waals surface area (Å²) in [5.74, 6) is 0.230. The summed E-state index contributed by atoms with van der Waals surface area (Å²) in [6, 6.07) is 18.7. The summed E-state index contributed by atoms with van der Waals surface area (Å²) >= 11 is 0. The van der Waals surface area contributed by atoms with Crippen LogP contribution in [0.5, 0.6) is 11.8 Å². The Kier molecular flexibility index (Phi) is 5.39. The molecule has 0 bridgehead atoms. The van der Waals surface area contributed by atoms with Crippen molar-refractivity contribution in [3.05, 3.63) is 72.6 Å². The molecule has 1 aromatic heterocycles. The molecule has 1 fully saturated rings. The molecule has 0 saturated carbocycles. The average Bonchev–Trinajstić information content (AvgIpc) is 3.17. The molecule has 1 aliphatic heterocycles. The molecular formula is C22H25N3O2. The van der Waals surface area contributed by atoms with Crippen LogP contribution >= 0.6 is 0 Å². The van der Waals surface area contributed by atoms with Crippen LogP contribution in [0.3, 0.4) is 0 Å². The topological polar surface area (TPSA) is 50.5 Å². The number of hydrogen-bond acceptors (Lipinski definition) is 4. The van der Waals surface area contributed by atoms with Crippen LogP contribution in [0.2, 0.25) is 0 Å². The number of piperidine rings is 1. The fraction of sp³-hybridized carbons (Fsp3) is 0.318. The standard InChI is InChI=1S/C22H25N3O2/c26-21-11-6-10-19(15-21)25-14-12-23-22(25)27-17-20-9-4-5-13-24(20)16-18-7-2-1-3-8-18/h1-3,6-8,10-12,14-15,20,26H,4-5,9,13,16-17H2. The Morgan fingerprint density at radius 1 is 1.07 bits per heavy atom. The van der Waals surface area contributed by atoms with Gasteiger partial charge in [0.25, 0.3) is 0 Å². The van der Waals surface area contributed by atoms with Gasteiger partial charge in [-0.2, -0.15) is 0 Å². The molecule has 5 heteroatoms. The number of nitrogens with zero attached hydrogens (tertiary/aromatic N) is 3. The molecule has 0 aliphatic carbocycles. The Labute approximate surface area is 159 Å². The molecular weight excluding hydrogens is 338 g/mol. The monoisotopic (exact) mass is 363 g/mol. The highest BCUT2D eigenvalue weighted by molar-refractivity contribution is 5.40. The van der Waals surface area contributed by atoms with Crippen molar-refractivity contribution in [2.24, 2.45) is 0 Å². The summed E-state index contributed by atoms with van der Waals surface area (Å²) in [4.78, 5) is 6.87. The molecule has 0 amide bonds. The van der Waals surface area contributed by atoms with Gasteiger partial charge in [0.2, 0.25) is 0 Å². The third-order valence-electron chi connectivity index (χ3n) is 5.10. The van der Waals surface area contributed by atoms with Gasteiger partial charge in [0.15, 0.2) is 0 Å². The zero-order valence-corrected chi connectivity index (χ0v) is 15.4. The summed E-state index contributed by atoms with van der Waals surface area (Å²) in [6.07, 6.45) is 7.19. The molecule has 5 nitrogen and oxygen atoms in total. The highest BCUT2D eigenvalue weighted by Gasteiger charge is 2.23. The Bertz CT molecular complexity index is 863. The number of hydrogen-bond donors (Lipinski definition) is 1. The maximum absolute atomic E-state index is 9.73. The second-order valence-electron chi connectivity index (χ2n) is 7.02. The van der Waals surface area contributed by atoms with E-state index in [9.17, 15) is 5.11 Å². The third kappa shape index (κ3) is 4.31. The number of imidazole rings is 1. The number of ether oxygens (including phenoxy) is 1. The van der Waals surface area contributed by atoms with Crippen LogP contribution < -0.4 is 4.74 Å². The van der Waals surface area contributed by atoms with E-state index < -0.39 is 0 Å². The Morgan fingerprint density at radius 2 is 1.96 bits per heavy atom. The lowest BCUT2D eigenvalue weighted by atomic mass is 10.0. The zero-order valence-electron chi connectivity index (χ0n) is 15.4. The van der Waals surface area contributed by atoms with Gasteiger partial charge in [-0.15, -0.1) is 0 Å². The molecule has 2 aromatic carbocycles. The maximum Gasteiger partial charge on any atom is 0.301 e. The first-order valence-electron chi connectivity index (χ1n) is 9.53. The van der Waals surface area contributed by atoms with Crippen molar-refractivity contribution in [1.29, 1.82) is 0 Å². The van der Waals surface area contributed by atoms with Crippen LogP contribution in [-0.2, 0) is 6.54 Å². The minimum atomic E-state index is 0.230. The van der Waals surface area contributed by atoms with Crippen LogP contribution in [0.25, 0.3) is 5.69 Å². The first-order valence-corrected chi connectivity index (χ1v) is 9.53. The van der Waals surface area contributed by atoms with E-state index >= 15 is 0 Å². The predicted octanol–water partition coefficient (Wildman–Crippen LogP) is 4.01. The molecule has 140 valence electrons. The van der Waals surface area contributed by atoms with Crippen LogP contribution in [0.1, 0.15) is 24.8 Å². The number of benzene rings is 2. The van der Waals surface area contributed by atoms with Gasteiger partial charge in [-0.05, 0) is 37.1 Å². The fourth-order valence-corrected chi connectivity index (χ4v) is 3.68. The lowest BCUT2D eigenvalue weighted by Crippen LogP contribution is -2.42. The molecule has 1 atom stereocenters. The van der Waals surface area contributed by atoms with Gasteiger partial charge in [0, 0.05) is 31.0 Å². The van der Waals surface area contributed by atoms with E-state index in [1.54, 1.807) is 18.3 Å². The second-order valence-corrected chi connectivity index (χ2v) is 7.02. The molecule has 0 spiro atoms. The Balaban J connectivity index is 1.44. The van der Waals surface area contributed by atoms with E-state index in [1.165, 1.54) is 18.4 Å². The van der Waals surface area contributed by atoms with E-state index in [0.717, 1.165) is 25.2 Å². The van der Waals surface area contributed by atoms with Crippen molar-refractivity contribution < 1.29 is 9.84 Å². The van der Waals surface area contributed by atoms with E-state index in [2.05, 4.69) is 40.2 Å². The van der Waals surface area contributed by atoms with E-state index in [4.69, 9.17) is 4.74 Å². The molecule has 1 saturated heterocycles. The van der Waals surface area contributed by atoms with Crippen LogP contribution in [0, 0.1) is 0 Å². The quantitative estimate of drug-likeness (QED) is 0.719. The predicted molar refractivity (Wildman–Crippen MR) is 105 cm³/mol. The van der Waals surface area contributed by atoms with Crippen molar-refractivity contribution >= 4 is 0 Å². The van der Waals surface area contributed by atoms with Crippen molar-refractivity contribution in [2.75, 3.05) is 13.2 Å². The first kappa shape index (κ1) is 17.6. The molecule has 0 radical (unpaired) electrons. The number of rotatable bonds is 6. The summed E-state index contributed by atoms with van der Waals surface area (Å²) in [7, 11) is 0. The number of likely N-dealkylation sites (tertiary alicyclic amines) is 1. The SMILES string of the molecule is Oc1cccc(-n2ccnc2OCC2CCCCN2Cc2ccccc2)c1. The van der Waals surface area contributed by atoms with Gasteiger partial charge in [-0.1, -0.05) is 42.8 Å². The van der Waals surface area contributed by atoms with E-state index in [1.807, 2.05) is 22.9 Å². The van der Waals surface area contributed by atoms with Gasteiger partial charge in [-0.25, -0.2) is 4.98 Å². The van der Waals surface area contributed by atoms with Gasteiger partial charge >= 0.3 is 6.01 Å². The molecule has 27 heavy (non-hydrogen) atoms. The van der Waals surface area contributed by atoms with Crippen molar-refractivity contribution in [1.82, 2.24) is 14.5 Å². The van der Waals surface area contributed by atoms with Crippen LogP contribution in [0.4, 0.5) is 0 Å². The van der Waals surface area contributed by atoms with E-state index in [0.29, 0.717) is 18.7 Å². The summed E-state index contributed by atoms with van der Waals surface area (Å²) in [6.45, 7) is 2.67. The van der Waals surface area contributed by atoms with Gasteiger partial charge in [0.05, 0.1) is 5.69 Å². The second kappa shape index (κ2) is 8.27. The normalized spacial score (nSPS) is 17.7. The van der Waals surface area contributed by atoms with Crippen molar-refractivity contribution in [2.45, 2.75) is 31.8 Å². The molecule has 1 N–H and O–H groups in total. The number of phenolic OH excluding ortho intramolecular Hbond substituents is 1. The zero-order chi connectivity index (χ0) is 18.5. The minimum absolute atomic E-state index is 0.230. The van der Waals surface area contributed by atoms with Gasteiger partial charge < -0.3 is 9.84 Å². The third-order valence-corrected chi connectivity index (χ3v) is 5.10. The molecule has 1 aliphatic rings. The smallest absolute Gasteiger partial charge is 0.301 e. The van der Waals surface area contributed by atoms with Crippen LogP contribution in [-0.4, -0.2) is 38.8 Å². The molecule has 1 unspecified atom stereocenters. The van der Waals surface area contributed by atoms with Crippen molar-refractivity contribution in [3.8, 4) is 17.4 Å². The van der Waals surface area contributed by atoms with Gasteiger partial charge in [-0.3, -0.25) is 9.47 Å². The minimum Gasteiger partial charge on any atom is -0.508 e. The van der Waals surface area contributed by atoms with Gasteiger partial charge in [0.1, 0.15) is 12.4 Å². The molecule has 3 aromatic rings. The van der Waals surface area contributed by atoms with Crippen molar-refractivity contribution in [3.63, 3.8) is 0 Å². The summed E-state index contributed by atoms with van der Waals surface area (Å²) < 4.78 is 7.97. The highest BCUT2D eigenvalue weighted by Crippen LogP contribution is 2.23. The number of aromatic hydroxyl groups is 1. The lowest BCUT2D eigenvalue weighted by Gasteiger charge is -2.35. The molecule has 2 heterocycles. The number of aromatic nitrogens is 2. The van der Waals surface area contributed by atoms with Crippen LogP contribution in [0.15, 0.2) is 67.0 Å². The molecule has 4 rings (SSSR count). The average molecular weight is 363 g/mol. The van der Waals surface area contributed by atoms with E-state index in [-0.39, 0.29) is 5.75 Å². The first-order chi connectivity index (χ1) is 13.3. The number of phenols is 1. The lowest BCUT2D eigenvalue weighted by molar-refractivity contribution is 0.0888.